The number of hydrogen-bond acceptors (Lipinski definition) is 3. The number of ether oxygens (including phenoxy) is 1. The van der Waals surface area contributed by atoms with Crippen molar-refractivity contribution in [1.29, 1.82) is 0 Å². The molecule has 2 aromatic carbocycles. The van der Waals surface area contributed by atoms with Gasteiger partial charge in [0.1, 0.15) is 24.3 Å². The van der Waals surface area contributed by atoms with Crippen LogP contribution in [0.3, 0.4) is 0 Å². The molecule has 1 N–H and O–H groups in total. The lowest BCUT2D eigenvalue weighted by Crippen LogP contribution is -2.37. The summed E-state index contributed by atoms with van der Waals surface area (Å²) in [7, 11) is 0. The Hall–Kier alpha value is -2.21. The summed E-state index contributed by atoms with van der Waals surface area (Å²) in [6, 6.07) is 10.2. The Balaban J connectivity index is 1.45. The van der Waals surface area contributed by atoms with Crippen molar-refractivity contribution in [2.75, 3.05) is 26.2 Å². The number of halogens is 3. The van der Waals surface area contributed by atoms with Gasteiger partial charge in [0, 0.05) is 12.1 Å². The monoisotopic (exact) mass is 365 g/mol. The van der Waals surface area contributed by atoms with Crippen molar-refractivity contribution in [1.82, 2.24) is 4.90 Å². The fourth-order valence-corrected chi connectivity index (χ4v) is 3.29. The molecule has 1 heterocycles. The molecule has 26 heavy (non-hydrogen) atoms. The van der Waals surface area contributed by atoms with Gasteiger partial charge in [-0.05, 0) is 62.2 Å². The highest BCUT2D eigenvalue weighted by molar-refractivity contribution is 5.30. The molecular weight excluding hydrogens is 343 g/mol. The highest BCUT2D eigenvalue weighted by Gasteiger charge is 2.30. The summed E-state index contributed by atoms with van der Waals surface area (Å²) in [6.45, 7) is 2.59. The maximum Gasteiger partial charge on any atom is 0.164 e. The first-order valence-electron chi connectivity index (χ1n) is 8.77. The molecular formula is C20H22F3NO2. The number of rotatable bonds is 6. The van der Waals surface area contributed by atoms with Crippen molar-refractivity contribution in [3.8, 4) is 11.5 Å². The highest BCUT2D eigenvalue weighted by Crippen LogP contribution is 2.35. The van der Waals surface area contributed by atoms with Crippen molar-refractivity contribution >= 4 is 0 Å². The number of aromatic hydroxyl groups is 1. The fourth-order valence-electron chi connectivity index (χ4n) is 3.29. The van der Waals surface area contributed by atoms with Crippen molar-refractivity contribution in [2.45, 2.75) is 19.0 Å². The van der Waals surface area contributed by atoms with E-state index in [1.807, 2.05) is 0 Å². The molecule has 6 heteroatoms. The zero-order valence-electron chi connectivity index (χ0n) is 14.4. The fraction of sp³-hybridized carbons (Fsp3) is 0.400. The predicted molar refractivity (Wildman–Crippen MR) is 93.0 cm³/mol. The van der Waals surface area contributed by atoms with Crippen LogP contribution >= 0.6 is 0 Å². The van der Waals surface area contributed by atoms with Gasteiger partial charge in [0.2, 0.25) is 0 Å². The van der Waals surface area contributed by atoms with Crippen molar-refractivity contribution in [3.63, 3.8) is 0 Å². The molecule has 1 aliphatic heterocycles. The number of phenolic OH excluding ortho intramolecular Hbond substituents is 1. The summed E-state index contributed by atoms with van der Waals surface area (Å²) in [5.74, 6) is -1.52. The molecule has 0 aliphatic carbocycles. The Labute approximate surface area is 151 Å². The molecule has 3 nitrogen and oxygen atoms in total. The molecule has 0 radical (unpaired) electrons. The second-order valence-electron chi connectivity index (χ2n) is 6.57. The second kappa shape index (κ2) is 8.45. The van der Waals surface area contributed by atoms with E-state index in [-0.39, 0.29) is 17.2 Å². The number of alkyl halides is 1. The Bertz CT molecular complexity index is 715. The quantitative estimate of drug-likeness (QED) is 0.820. The maximum atomic E-state index is 14.6. The minimum Gasteiger partial charge on any atom is -0.508 e. The molecule has 3 rings (SSSR count). The van der Waals surface area contributed by atoms with Gasteiger partial charge in [0.15, 0.2) is 11.6 Å². The van der Waals surface area contributed by atoms with E-state index in [4.69, 9.17) is 4.74 Å². The summed E-state index contributed by atoms with van der Waals surface area (Å²) >= 11 is 0. The van der Waals surface area contributed by atoms with Gasteiger partial charge in [-0.25, -0.2) is 13.2 Å². The summed E-state index contributed by atoms with van der Waals surface area (Å²) in [5.41, 5.74) is -0.181. The lowest BCUT2D eigenvalue weighted by molar-refractivity contribution is 0.107. The minimum atomic E-state index is -1.49. The molecule has 1 saturated heterocycles. The van der Waals surface area contributed by atoms with Crippen LogP contribution in [0.1, 0.15) is 24.6 Å². The Morgan fingerprint density at radius 2 is 1.77 bits per heavy atom. The second-order valence-corrected chi connectivity index (χ2v) is 6.57. The van der Waals surface area contributed by atoms with Crippen LogP contribution in [-0.4, -0.2) is 36.2 Å². The smallest absolute Gasteiger partial charge is 0.164 e. The van der Waals surface area contributed by atoms with Gasteiger partial charge in [-0.1, -0.05) is 12.1 Å². The number of hydrogen-bond donors (Lipinski definition) is 1. The first kappa shape index (κ1) is 18.6. The van der Waals surface area contributed by atoms with E-state index in [9.17, 15) is 18.3 Å². The molecule has 140 valence electrons. The maximum absolute atomic E-state index is 14.6. The van der Waals surface area contributed by atoms with E-state index < -0.39 is 17.8 Å². The molecule has 0 amide bonds. The van der Waals surface area contributed by atoms with Crippen LogP contribution in [0.2, 0.25) is 0 Å². The van der Waals surface area contributed by atoms with Crippen molar-refractivity contribution in [3.05, 3.63) is 59.7 Å². The van der Waals surface area contributed by atoms with Crippen LogP contribution < -0.4 is 4.74 Å². The summed E-state index contributed by atoms with van der Waals surface area (Å²) in [5, 5.41) is 9.23. The summed E-state index contributed by atoms with van der Waals surface area (Å²) in [6.07, 6.45) is -0.298. The third-order valence-corrected chi connectivity index (χ3v) is 4.84. The molecule has 0 aromatic heterocycles. The third kappa shape index (κ3) is 4.49. The van der Waals surface area contributed by atoms with Crippen LogP contribution in [0.5, 0.6) is 11.5 Å². The molecule has 1 unspecified atom stereocenters. The molecule has 2 aromatic rings. The molecule has 0 bridgehead atoms. The first-order chi connectivity index (χ1) is 12.5. The van der Waals surface area contributed by atoms with Gasteiger partial charge in [-0.2, -0.15) is 0 Å². The van der Waals surface area contributed by atoms with E-state index in [0.29, 0.717) is 44.8 Å². The topological polar surface area (TPSA) is 32.7 Å². The van der Waals surface area contributed by atoms with Gasteiger partial charge in [0.05, 0.1) is 0 Å². The number of phenols is 1. The average Bonchev–Trinajstić information content (AvgIpc) is 2.66. The standard InChI is InChI=1S/C20H22F3NO2/c21-18-3-1-2-17(20(18)23)19(22)14-8-10-24(11-9-14)12-13-26-16-6-4-15(25)5-7-16/h1-7,14,19,25H,8-13H2. The van der Waals surface area contributed by atoms with E-state index in [0.717, 1.165) is 6.07 Å². The Morgan fingerprint density at radius 1 is 1.08 bits per heavy atom. The lowest BCUT2D eigenvalue weighted by Gasteiger charge is -2.33. The molecule has 0 spiro atoms. The van der Waals surface area contributed by atoms with E-state index in [1.165, 1.54) is 12.1 Å². The summed E-state index contributed by atoms with van der Waals surface area (Å²) < 4.78 is 47.3. The molecule has 1 atom stereocenters. The summed E-state index contributed by atoms with van der Waals surface area (Å²) in [4.78, 5) is 2.17. The van der Waals surface area contributed by atoms with E-state index in [1.54, 1.807) is 24.3 Å². The molecule has 1 aliphatic rings. The van der Waals surface area contributed by atoms with Gasteiger partial charge >= 0.3 is 0 Å². The first-order valence-corrected chi connectivity index (χ1v) is 8.77. The van der Waals surface area contributed by atoms with Gasteiger partial charge in [-0.15, -0.1) is 0 Å². The van der Waals surface area contributed by atoms with Crippen LogP contribution in [0.4, 0.5) is 13.2 Å². The minimum absolute atomic E-state index is 0.181. The number of likely N-dealkylation sites (tertiary alicyclic amines) is 1. The van der Waals surface area contributed by atoms with Gasteiger partial charge < -0.3 is 9.84 Å². The van der Waals surface area contributed by atoms with Crippen LogP contribution in [-0.2, 0) is 0 Å². The van der Waals surface area contributed by atoms with Crippen LogP contribution in [0.25, 0.3) is 0 Å². The number of piperidine rings is 1. The van der Waals surface area contributed by atoms with Crippen LogP contribution in [0.15, 0.2) is 42.5 Å². The van der Waals surface area contributed by atoms with Crippen LogP contribution in [0, 0.1) is 17.6 Å². The zero-order valence-corrected chi connectivity index (χ0v) is 14.4. The Kier molecular flexibility index (Phi) is 6.04. The molecule has 1 fully saturated rings. The van der Waals surface area contributed by atoms with E-state index in [2.05, 4.69) is 4.90 Å². The average molecular weight is 365 g/mol. The Morgan fingerprint density at radius 3 is 2.46 bits per heavy atom. The lowest BCUT2D eigenvalue weighted by atomic mass is 9.88. The predicted octanol–water partition coefficient (Wildman–Crippen LogP) is 4.47. The SMILES string of the molecule is Oc1ccc(OCCN2CCC(C(F)c3cccc(F)c3F)CC2)cc1. The van der Waals surface area contributed by atoms with Crippen molar-refractivity contribution in [2.24, 2.45) is 5.92 Å². The van der Waals surface area contributed by atoms with Gasteiger partial charge in [0.25, 0.3) is 0 Å². The molecule has 0 saturated carbocycles. The van der Waals surface area contributed by atoms with Crippen molar-refractivity contribution < 1.29 is 23.0 Å². The zero-order chi connectivity index (χ0) is 18.5. The number of benzene rings is 2. The largest absolute Gasteiger partial charge is 0.508 e. The normalized spacial score (nSPS) is 17.2. The highest BCUT2D eigenvalue weighted by atomic mass is 19.2. The third-order valence-electron chi connectivity index (χ3n) is 4.84. The van der Waals surface area contributed by atoms with Gasteiger partial charge in [-0.3, -0.25) is 4.90 Å². The van der Waals surface area contributed by atoms with E-state index >= 15 is 0 Å². The number of nitrogens with zero attached hydrogens (tertiary/aromatic N) is 1.